The Morgan fingerprint density at radius 3 is 2.79 bits per heavy atom. The number of nitrogens with zero attached hydrogens (tertiary/aromatic N) is 1. The van der Waals surface area contributed by atoms with E-state index in [9.17, 15) is 4.79 Å². The molecule has 24 heavy (non-hydrogen) atoms. The van der Waals surface area contributed by atoms with Gasteiger partial charge in [-0.3, -0.25) is 9.79 Å². The number of benzene rings is 1. The van der Waals surface area contributed by atoms with Gasteiger partial charge in [-0.15, -0.1) is 24.0 Å². The first-order valence-corrected chi connectivity index (χ1v) is 8.43. The Morgan fingerprint density at radius 2 is 2.08 bits per heavy atom. The Morgan fingerprint density at radius 1 is 1.33 bits per heavy atom. The van der Waals surface area contributed by atoms with Crippen LogP contribution in [0.5, 0.6) is 0 Å². The molecule has 0 spiro atoms. The summed E-state index contributed by atoms with van der Waals surface area (Å²) >= 11 is 0. The highest BCUT2D eigenvalue weighted by Crippen LogP contribution is 2.31. The summed E-state index contributed by atoms with van der Waals surface area (Å²) in [5.41, 5.74) is 2.12. The molecule has 0 fully saturated rings. The van der Waals surface area contributed by atoms with Gasteiger partial charge in [0.05, 0.1) is 0 Å². The fraction of sp³-hybridized carbons (Fsp3) is 0.556. The van der Waals surface area contributed by atoms with E-state index in [1.54, 1.807) is 7.05 Å². The molecule has 0 saturated carbocycles. The van der Waals surface area contributed by atoms with Gasteiger partial charge in [0.15, 0.2) is 5.96 Å². The zero-order valence-corrected chi connectivity index (χ0v) is 17.1. The van der Waals surface area contributed by atoms with Crippen LogP contribution in [0.3, 0.4) is 0 Å². The Kier molecular flexibility index (Phi) is 9.10. The third-order valence-electron chi connectivity index (χ3n) is 4.10. The molecule has 1 amide bonds. The van der Waals surface area contributed by atoms with Gasteiger partial charge < -0.3 is 16.0 Å². The van der Waals surface area contributed by atoms with Crippen LogP contribution in [0, 0.1) is 5.92 Å². The van der Waals surface area contributed by atoms with Crippen molar-refractivity contribution in [2.24, 2.45) is 10.9 Å². The molecule has 0 radical (unpaired) electrons. The lowest BCUT2D eigenvalue weighted by Gasteiger charge is -2.26. The van der Waals surface area contributed by atoms with Gasteiger partial charge in [0.1, 0.15) is 0 Å². The molecule has 6 heteroatoms. The van der Waals surface area contributed by atoms with Gasteiger partial charge in [0, 0.05) is 38.2 Å². The van der Waals surface area contributed by atoms with Crippen molar-refractivity contribution >= 4 is 41.5 Å². The van der Waals surface area contributed by atoms with Crippen LogP contribution in [0.15, 0.2) is 29.3 Å². The Bertz CT molecular complexity index is 560. The van der Waals surface area contributed by atoms with Gasteiger partial charge in [-0.05, 0) is 30.4 Å². The van der Waals surface area contributed by atoms with Gasteiger partial charge in [-0.1, -0.05) is 32.0 Å². The predicted octanol–water partition coefficient (Wildman–Crippen LogP) is 3.33. The monoisotopic (exact) mass is 444 g/mol. The van der Waals surface area contributed by atoms with Crippen molar-refractivity contribution in [2.45, 2.75) is 39.0 Å². The van der Waals surface area contributed by atoms with E-state index in [-0.39, 0.29) is 35.8 Å². The summed E-state index contributed by atoms with van der Waals surface area (Å²) in [4.78, 5) is 16.1. The SMILES string of the molecule is CN=C(NCCCC(C)C)NCC1CC(=O)Nc2ccccc21.I. The zero-order chi connectivity index (χ0) is 16.7. The molecule has 2 rings (SSSR count). The largest absolute Gasteiger partial charge is 0.356 e. The first kappa shape index (κ1) is 20.7. The maximum Gasteiger partial charge on any atom is 0.225 e. The highest BCUT2D eigenvalue weighted by molar-refractivity contribution is 14.0. The minimum absolute atomic E-state index is 0. The summed E-state index contributed by atoms with van der Waals surface area (Å²) in [6.07, 6.45) is 2.85. The van der Waals surface area contributed by atoms with Crippen LogP contribution < -0.4 is 16.0 Å². The van der Waals surface area contributed by atoms with Crippen LogP contribution in [-0.4, -0.2) is 32.0 Å². The van der Waals surface area contributed by atoms with E-state index in [4.69, 9.17) is 0 Å². The third-order valence-corrected chi connectivity index (χ3v) is 4.10. The Hall–Kier alpha value is -1.31. The number of carbonyl (C=O) groups excluding carboxylic acids is 1. The molecule has 1 atom stereocenters. The number of hydrogen-bond acceptors (Lipinski definition) is 2. The molecule has 1 aliphatic rings. The van der Waals surface area contributed by atoms with Crippen LogP contribution in [-0.2, 0) is 4.79 Å². The quantitative estimate of drug-likeness (QED) is 0.273. The lowest BCUT2D eigenvalue weighted by Crippen LogP contribution is -2.41. The van der Waals surface area contributed by atoms with E-state index in [1.165, 1.54) is 12.0 Å². The van der Waals surface area contributed by atoms with Gasteiger partial charge in [-0.2, -0.15) is 0 Å². The average Bonchev–Trinajstić information content (AvgIpc) is 2.53. The third kappa shape index (κ3) is 6.30. The molecule has 5 nitrogen and oxygen atoms in total. The molecular formula is C18H29IN4O. The Labute approximate surface area is 162 Å². The number of carbonyl (C=O) groups is 1. The number of rotatable bonds is 6. The summed E-state index contributed by atoms with van der Waals surface area (Å²) in [5.74, 6) is 1.78. The van der Waals surface area contributed by atoms with Crippen LogP contribution in [0.4, 0.5) is 5.69 Å². The molecule has 0 bridgehead atoms. The van der Waals surface area contributed by atoms with Crippen LogP contribution >= 0.6 is 24.0 Å². The van der Waals surface area contributed by atoms with Crippen molar-refractivity contribution in [2.75, 3.05) is 25.5 Å². The lowest BCUT2D eigenvalue weighted by molar-refractivity contribution is -0.116. The number of para-hydroxylation sites is 1. The van der Waals surface area contributed by atoms with Gasteiger partial charge in [0.2, 0.25) is 5.91 Å². The second kappa shape index (κ2) is 10.5. The van der Waals surface area contributed by atoms with Crippen molar-refractivity contribution in [3.05, 3.63) is 29.8 Å². The lowest BCUT2D eigenvalue weighted by atomic mass is 9.90. The molecule has 1 aliphatic heterocycles. The number of guanidine groups is 1. The normalized spacial score (nSPS) is 16.9. The molecule has 3 N–H and O–H groups in total. The molecule has 1 aromatic carbocycles. The summed E-state index contributed by atoms with van der Waals surface area (Å²) in [7, 11) is 1.78. The molecular weight excluding hydrogens is 415 g/mol. The van der Waals surface area contributed by atoms with Crippen molar-refractivity contribution in [1.29, 1.82) is 0 Å². The molecule has 1 heterocycles. The topological polar surface area (TPSA) is 65.5 Å². The second-order valence-electron chi connectivity index (χ2n) is 6.45. The number of halogens is 1. The number of amides is 1. The minimum Gasteiger partial charge on any atom is -0.356 e. The molecule has 0 saturated heterocycles. The van der Waals surface area contributed by atoms with E-state index in [0.717, 1.165) is 30.5 Å². The number of hydrogen-bond donors (Lipinski definition) is 3. The van der Waals surface area contributed by atoms with Gasteiger partial charge in [-0.25, -0.2) is 0 Å². The first-order valence-electron chi connectivity index (χ1n) is 8.43. The van der Waals surface area contributed by atoms with Crippen molar-refractivity contribution in [3.63, 3.8) is 0 Å². The van der Waals surface area contributed by atoms with E-state index in [0.29, 0.717) is 13.0 Å². The zero-order valence-electron chi connectivity index (χ0n) is 14.8. The summed E-state index contributed by atoms with van der Waals surface area (Å²) in [5, 5.41) is 9.62. The highest BCUT2D eigenvalue weighted by Gasteiger charge is 2.24. The molecule has 0 aromatic heterocycles. The maximum absolute atomic E-state index is 11.8. The number of anilines is 1. The summed E-state index contributed by atoms with van der Waals surface area (Å²) in [6.45, 7) is 6.09. The first-order chi connectivity index (χ1) is 11.1. The van der Waals surface area contributed by atoms with Crippen molar-refractivity contribution < 1.29 is 4.79 Å². The molecule has 0 aliphatic carbocycles. The Balaban J connectivity index is 0.00000288. The number of fused-ring (bicyclic) bond motifs is 1. The summed E-state index contributed by atoms with van der Waals surface area (Å²) in [6, 6.07) is 8.00. The minimum atomic E-state index is 0. The second-order valence-corrected chi connectivity index (χ2v) is 6.45. The predicted molar refractivity (Wildman–Crippen MR) is 111 cm³/mol. The van der Waals surface area contributed by atoms with E-state index in [2.05, 4.69) is 40.9 Å². The maximum atomic E-state index is 11.8. The summed E-state index contributed by atoms with van der Waals surface area (Å²) < 4.78 is 0. The van der Waals surface area contributed by atoms with E-state index < -0.39 is 0 Å². The number of nitrogens with one attached hydrogen (secondary N) is 3. The molecule has 1 unspecified atom stereocenters. The highest BCUT2D eigenvalue weighted by atomic mass is 127. The average molecular weight is 444 g/mol. The van der Waals surface area contributed by atoms with E-state index in [1.807, 2.05) is 18.2 Å². The van der Waals surface area contributed by atoms with Gasteiger partial charge in [0.25, 0.3) is 0 Å². The van der Waals surface area contributed by atoms with Crippen molar-refractivity contribution in [3.8, 4) is 0 Å². The van der Waals surface area contributed by atoms with Gasteiger partial charge >= 0.3 is 0 Å². The van der Waals surface area contributed by atoms with Crippen LogP contribution in [0.1, 0.15) is 44.6 Å². The molecule has 1 aromatic rings. The fourth-order valence-corrected chi connectivity index (χ4v) is 2.84. The number of aliphatic imine (C=N–C) groups is 1. The standard InChI is InChI=1S/C18H28N4O.HI/c1-13(2)7-6-10-20-18(19-3)21-12-14-11-17(23)22-16-9-5-4-8-15(14)16;/h4-5,8-9,13-14H,6-7,10-12H2,1-3H3,(H,22,23)(H2,19,20,21);1H. The fourth-order valence-electron chi connectivity index (χ4n) is 2.84. The van der Waals surface area contributed by atoms with Crippen LogP contribution in [0.2, 0.25) is 0 Å². The van der Waals surface area contributed by atoms with E-state index >= 15 is 0 Å². The van der Waals surface area contributed by atoms with Crippen molar-refractivity contribution in [1.82, 2.24) is 10.6 Å². The van der Waals surface area contributed by atoms with Crippen LogP contribution in [0.25, 0.3) is 0 Å². The molecule has 134 valence electrons. The smallest absolute Gasteiger partial charge is 0.225 e.